The van der Waals surface area contributed by atoms with Gasteiger partial charge in [0.1, 0.15) is 12.1 Å². The maximum atomic E-state index is 11.2. The van der Waals surface area contributed by atoms with E-state index in [2.05, 4.69) is 0 Å². The Morgan fingerprint density at radius 1 is 1.20 bits per heavy atom. The van der Waals surface area contributed by atoms with Crippen LogP contribution in [0.3, 0.4) is 0 Å². The molecule has 0 atom stereocenters. The number of aldehydes is 1. The fourth-order valence-corrected chi connectivity index (χ4v) is 1.45. The molecule has 0 N–H and O–H groups in total. The van der Waals surface area contributed by atoms with E-state index in [1.54, 1.807) is 0 Å². The highest BCUT2D eigenvalue weighted by molar-refractivity contribution is 6.02. The van der Waals surface area contributed by atoms with Crippen molar-refractivity contribution >= 4 is 23.9 Å². The van der Waals surface area contributed by atoms with Crippen molar-refractivity contribution in [2.45, 2.75) is 32.1 Å². The summed E-state index contributed by atoms with van der Waals surface area (Å²) in [7, 11) is 0. The lowest BCUT2D eigenvalue weighted by molar-refractivity contribution is -0.138. The largest absolute Gasteiger partial charge is 0.303 e. The lowest BCUT2D eigenvalue weighted by atomic mass is 10.2. The first-order chi connectivity index (χ1) is 7.15. The smallest absolute Gasteiger partial charge is 0.229 e. The average Bonchev–Trinajstić information content (AvgIpc) is 2.53. The molecule has 0 saturated carbocycles. The van der Waals surface area contributed by atoms with E-state index in [1.807, 2.05) is 0 Å². The second-order valence-corrected chi connectivity index (χ2v) is 3.43. The molecule has 5 nitrogen and oxygen atoms in total. The summed E-state index contributed by atoms with van der Waals surface area (Å²) in [5, 5.41) is 0. The number of nitrogens with zero attached hydrogens (tertiary/aromatic N) is 1. The van der Waals surface area contributed by atoms with Gasteiger partial charge in [-0.2, -0.15) is 0 Å². The van der Waals surface area contributed by atoms with Gasteiger partial charge in [-0.1, -0.05) is 0 Å². The van der Waals surface area contributed by atoms with E-state index >= 15 is 0 Å². The first-order valence-corrected chi connectivity index (χ1v) is 4.93. The molecule has 1 aliphatic rings. The Morgan fingerprint density at radius 2 is 1.80 bits per heavy atom. The van der Waals surface area contributed by atoms with Crippen LogP contribution in [-0.4, -0.2) is 35.3 Å². The van der Waals surface area contributed by atoms with Crippen molar-refractivity contribution in [2.75, 3.05) is 6.54 Å². The fraction of sp³-hybridized carbons (Fsp3) is 0.600. The average molecular weight is 211 g/mol. The van der Waals surface area contributed by atoms with Crippen LogP contribution < -0.4 is 0 Å². The summed E-state index contributed by atoms with van der Waals surface area (Å²) in [4.78, 5) is 44.6. The molecule has 82 valence electrons. The van der Waals surface area contributed by atoms with Gasteiger partial charge in [0.2, 0.25) is 11.8 Å². The normalized spacial score (nSPS) is 15.9. The number of carbonyl (C=O) groups is 4. The van der Waals surface area contributed by atoms with E-state index in [0.29, 0.717) is 6.29 Å². The molecular formula is C10H13NO4. The van der Waals surface area contributed by atoms with Crippen LogP contribution in [-0.2, 0) is 19.2 Å². The van der Waals surface area contributed by atoms with Crippen LogP contribution in [0, 0.1) is 0 Å². The lowest BCUT2D eigenvalue weighted by Gasteiger charge is -2.12. The van der Waals surface area contributed by atoms with Crippen molar-refractivity contribution in [2.24, 2.45) is 0 Å². The molecule has 1 aliphatic heterocycles. The summed E-state index contributed by atoms with van der Waals surface area (Å²) in [6.45, 7) is 0.162. The molecule has 0 aliphatic carbocycles. The van der Waals surface area contributed by atoms with Gasteiger partial charge in [0.25, 0.3) is 0 Å². The van der Waals surface area contributed by atoms with E-state index in [1.165, 1.54) is 0 Å². The molecule has 0 aromatic rings. The number of hydrogen-bond acceptors (Lipinski definition) is 4. The summed E-state index contributed by atoms with van der Waals surface area (Å²) >= 11 is 0. The molecular weight excluding hydrogens is 198 g/mol. The number of likely N-dealkylation sites (tertiary alicyclic amines) is 1. The first kappa shape index (κ1) is 11.6. The van der Waals surface area contributed by atoms with Crippen molar-refractivity contribution in [1.29, 1.82) is 0 Å². The van der Waals surface area contributed by atoms with Gasteiger partial charge < -0.3 is 4.79 Å². The summed E-state index contributed by atoms with van der Waals surface area (Å²) < 4.78 is 0. The zero-order valence-corrected chi connectivity index (χ0v) is 8.40. The number of carbonyl (C=O) groups excluding carboxylic acids is 4. The molecule has 1 heterocycles. The summed E-state index contributed by atoms with van der Waals surface area (Å²) in [5.74, 6) is -0.499. The van der Waals surface area contributed by atoms with Gasteiger partial charge >= 0.3 is 0 Å². The van der Waals surface area contributed by atoms with Gasteiger partial charge in [-0.05, 0) is 0 Å². The van der Waals surface area contributed by atoms with Crippen LogP contribution in [0.2, 0.25) is 0 Å². The SMILES string of the molecule is O=CCCC(=O)CCN1C(=O)CCC1=O. The topological polar surface area (TPSA) is 71.5 Å². The minimum atomic E-state index is -0.205. The van der Waals surface area contributed by atoms with Gasteiger partial charge in [-0.3, -0.25) is 19.3 Å². The maximum absolute atomic E-state index is 11.2. The molecule has 15 heavy (non-hydrogen) atoms. The van der Waals surface area contributed by atoms with E-state index in [0.717, 1.165) is 4.90 Å². The monoisotopic (exact) mass is 211 g/mol. The number of hydrogen-bond donors (Lipinski definition) is 0. The van der Waals surface area contributed by atoms with Crippen molar-refractivity contribution < 1.29 is 19.2 Å². The molecule has 0 bridgehead atoms. The van der Waals surface area contributed by atoms with E-state index in [9.17, 15) is 19.2 Å². The zero-order valence-electron chi connectivity index (χ0n) is 8.40. The molecule has 1 saturated heterocycles. The highest BCUT2D eigenvalue weighted by atomic mass is 16.2. The highest BCUT2D eigenvalue weighted by Gasteiger charge is 2.28. The number of ketones is 1. The van der Waals surface area contributed by atoms with Crippen LogP contribution >= 0.6 is 0 Å². The Bertz CT molecular complexity index is 282. The molecule has 5 heteroatoms. The minimum Gasteiger partial charge on any atom is -0.303 e. The van der Waals surface area contributed by atoms with Crippen molar-refractivity contribution in [3.8, 4) is 0 Å². The second-order valence-electron chi connectivity index (χ2n) is 3.43. The molecule has 0 aromatic heterocycles. The Morgan fingerprint density at radius 3 is 2.33 bits per heavy atom. The van der Waals surface area contributed by atoms with Gasteiger partial charge in [0.15, 0.2) is 0 Å². The number of amides is 2. The third kappa shape index (κ3) is 3.27. The Balaban J connectivity index is 2.30. The number of rotatable bonds is 6. The van der Waals surface area contributed by atoms with Gasteiger partial charge in [-0.25, -0.2) is 0 Å². The molecule has 1 rings (SSSR count). The quantitative estimate of drug-likeness (QED) is 0.460. The van der Waals surface area contributed by atoms with Gasteiger partial charge in [0.05, 0.1) is 0 Å². The predicted octanol–water partition coefficient (Wildman–Crippen LogP) is 0.0737. The predicted molar refractivity (Wildman–Crippen MR) is 50.9 cm³/mol. The molecule has 0 radical (unpaired) electrons. The molecule has 2 amide bonds. The Hall–Kier alpha value is -1.52. The van der Waals surface area contributed by atoms with Crippen LogP contribution in [0.5, 0.6) is 0 Å². The summed E-state index contributed by atoms with van der Waals surface area (Å²) in [6.07, 6.45) is 1.75. The lowest BCUT2D eigenvalue weighted by Crippen LogP contribution is -2.31. The summed E-state index contributed by atoms with van der Waals surface area (Å²) in [6, 6.07) is 0. The standard InChI is InChI=1S/C10H13NO4/c12-7-1-2-8(13)5-6-11-9(14)3-4-10(11)15/h7H,1-6H2. The van der Waals surface area contributed by atoms with E-state index < -0.39 is 0 Å². The Kier molecular flexibility index (Phi) is 4.15. The zero-order chi connectivity index (χ0) is 11.3. The molecule has 0 aromatic carbocycles. The van der Waals surface area contributed by atoms with Gasteiger partial charge in [-0.15, -0.1) is 0 Å². The van der Waals surface area contributed by atoms with Gasteiger partial charge in [0, 0.05) is 38.6 Å². The van der Waals surface area contributed by atoms with E-state index in [4.69, 9.17) is 0 Å². The van der Waals surface area contributed by atoms with Crippen molar-refractivity contribution in [3.05, 3.63) is 0 Å². The molecule has 0 unspecified atom stereocenters. The third-order valence-corrected chi connectivity index (χ3v) is 2.31. The minimum absolute atomic E-state index is 0.0883. The number of imide groups is 1. The number of Topliss-reactive ketones (excluding diaryl/α,β-unsaturated/α-hetero) is 1. The van der Waals surface area contributed by atoms with Crippen molar-refractivity contribution in [1.82, 2.24) is 4.90 Å². The van der Waals surface area contributed by atoms with Crippen LogP contribution in [0.1, 0.15) is 32.1 Å². The third-order valence-electron chi connectivity index (χ3n) is 2.31. The Labute approximate surface area is 87.4 Å². The molecule has 1 fully saturated rings. The van der Waals surface area contributed by atoms with Crippen LogP contribution in [0.25, 0.3) is 0 Å². The fourth-order valence-electron chi connectivity index (χ4n) is 1.45. The molecule has 0 spiro atoms. The first-order valence-electron chi connectivity index (χ1n) is 4.93. The van der Waals surface area contributed by atoms with Crippen molar-refractivity contribution in [3.63, 3.8) is 0 Å². The van der Waals surface area contributed by atoms with Crippen LogP contribution in [0.4, 0.5) is 0 Å². The second kappa shape index (κ2) is 5.38. The highest BCUT2D eigenvalue weighted by Crippen LogP contribution is 2.12. The summed E-state index contributed by atoms with van der Waals surface area (Å²) in [5.41, 5.74) is 0. The van der Waals surface area contributed by atoms with E-state index in [-0.39, 0.29) is 56.2 Å². The van der Waals surface area contributed by atoms with Crippen LogP contribution in [0.15, 0.2) is 0 Å². The maximum Gasteiger partial charge on any atom is 0.229 e.